The number of aliphatic hydroxyl groups excluding tert-OH is 1. The SMILES string of the molecule is CC(C)NC(=O)N1CC(=O)N2[C@H](CO)[C@@H](c3ccc(C=Cc4ccccc4)cc3)[C@H]2C1. The Balaban J connectivity index is 1.49. The highest BCUT2D eigenvalue weighted by atomic mass is 16.3. The van der Waals surface area contributed by atoms with Crippen LogP contribution in [-0.4, -0.2) is 64.7 Å². The molecule has 2 N–H and O–H groups in total. The predicted molar refractivity (Wildman–Crippen MR) is 121 cm³/mol. The predicted octanol–water partition coefficient (Wildman–Crippen LogP) is 2.95. The monoisotopic (exact) mass is 419 g/mol. The molecule has 0 saturated carbocycles. The Kier molecular flexibility index (Phi) is 6.09. The molecule has 0 aliphatic carbocycles. The molecule has 6 heteroatoms. The van der Waals surface area contributed by atoms with Gasteiger partial charge in [0.2, 0.25) is 5.91 Å². The molecule has 0 radical (unpaired) electrons. The Morgan fingerprint density at radius 3 is 2.35 bits per heavy atom. The van der Waals surface area contributed by atoms with Crippen LogP contribution in [0.15, 0.2) is 54.6 Å². The van der Waals surface area contributed by atoms with Gasteiger partial charge in [-0.15, -0.1) is 0 Å². The number of benzene rings is 2. The van der Waals surface area contributed by atoms with Crippen molar-refractivity contribution in [2.45, 2.75) is 37.9 Å². The number of hydrogen-bond acceptors (Lipinski definition) is 3. The van der Waals surface area contributed by atoms with Gasteiger partial charge in [-0.05, 0) is 30.5 Å². The first-order valence-corrected chi connectivity index (χ1v) is 10.8. The van der Waals surface area contributed by atoms with Gasteiger partial charge in [0.05, 0.1) is 18.7 Å². The molecular weight excluding hydrogens is 390 g/mol. The molecular formula is C25H29N3O3. The topological polar surface area (TPSA) is 72.9 Å². The molecule has 2 aliphatic heterocycles. The van der Waals surface area contributed by atoms with E-state index >= 15 is 0 Å². The van der Waals surface area contributed by atoms with Crippen molar-refractivity contribution in [1.82, 2.24) is 15.1 Å². The van der Waals surface area contributed by atoms with Gasteiger partial charge in [0.25, 0.3) is 0 Å². The Labute approximate surface area is 183 Å². The summed E-state index contributed by atoms with van der Waals surface area (Å²) in [5, 5.41) is 12.8. The molecule has 2 aliphatic rings. The van der Waals surface area contributed by atoms with E-state index in [0.717, 1.165) is 16.7 Å². The molecule has 162 valence electrons. The molecule has 6 nitrogen and oxygen atoms in total. The van der Waals surface area contributed by atoms with Crippen LogP contribution in [0, 0.1) is 0 Å². The lowest BCUT2D eigenvalue weighted by atomic mass is 9.73. The quantitative estimate of drug-likeness (QED) is 0.732. The van der Waals surface area contributed by atoms with Crippen molar-refractivity contribution in [3.63, 3.8) is 0 Å². The van der Waals surface area contributed by atoms with Crippen LogP contribution < -0.4 is 5.32 Å². The average molecular weight is 420 g/mol. The van der Waals surface area contributed by atoms with Gasteiger partial charge in [0, 0.05) is 18.5 Å². The van der Waals surface area contributed by atoms with E-state index in [-0.39, 0.29) is 49.1 Å². The highest BCUT2D eigenvalue weighted by Gasteiger charge is 2.54. The molecule has 3 amide bonds. The number of aliphatic hydroxyl groups is 1. The van der Waals surface area contributed by atoms with Gasteiger partial charge in [-0.1, -0.05) is 66.7 Å². The number of amides is 3. The zero-order valence-corrected chi connectivity index (χ0v) is 17.9. The second-order valence-electron chi connectivity index (χ2n) is 8.54. The third-order valence-electron chi connectivity index (χ3n) is 6.04. The average Bonchev–Trinajstić information content (AvgIpc) is 2.74. The summed E-state index contributed by atoms with van der Waals surface area (Å²) < 4.78 is 0. The first kappa shape index (κ1) is 21.1. The Hall–Kier alpha value is -3.12. The van der Waals surface area contributed by atoms with Gasteiger partial charge in [-0.25, -0.2) is 4.79 Å². The minimum Gasteiger partial charge on any atom is -0.394 e. The van der Waals surface area contributed by atoms with Crippen LogP contribution in [0.5, 0.6) is 0 Å². The Morgan fingerprint density at radius 2 is 1.74 bits per heavy atom. The summed E-state index contributed by atoms with van der Waals surface area (Å²) in [5.41, 5.74) is 3.31. The Morgan fingerprint density at radius 1 is 1.10 bits per heavy atom. The smallest absolute Gasteiger partial charge is 0.318 e. The number of rotatable bonds is 5. The van der Waals surface area contributed by atoms with Gasteiger partial charge in [-0.2, -0.15) is 0 Å². The lowest BCUT2D eigenvalue weighted by Crippen LogP contribution is -2.74. The number of piperazine rings is 1. The van der Waals surface area contributed by atoms with Crippen LogP contribution in [0.2, 0.25) is 0 Å². The van der Waals surface area contributed by atoms with Crippen LogP contribution >= 0.6 is 0 Å². The number of nitrogens with one attached hydrogen (secondary N) is 1. The molecule has 4 rings (SSSR count). The highest BCUT2D eigenvalue weighted by molar-refractivity contribution is 5.87. The van der Waals surface area contributed by atoms with Gasteiger partial charge in [0.15, 0.2) is 0 Å². The number of nitrogens with zero attached hydrogens (tertiary/aromatic N) is 2. The van der Waals surface area contributed by atoms with Crippen molar-refractivity contribution < 1.29 is 14.7 Å². The summed E-state index contributed by atoms with van der Waals surface area (Å²) in [7, 11) is 0. The van der Waals surface area contributed by atoms with Crippen molar-refractivity contribution in [3.05, 3.63) is 71.3 Å². The zero-order valence-electron chi connectivity index (χ0n) is 17.9. The van der Waals surface area contributed by atoms with Crippen molar-refractivity contribution >= 4 is 24.1 Å². The molecule has 2 fully saturated rings. The third-order valence-corrected chi connectivity index (χ3v) is 6.04. The van der Waals surface area contributed by atoms with Crippen LogP contribution in [0.3, 0.4) is 0 Å². The van der Waals surface area contributed by atoms with Gasteiger partial charge in [0.1, 0.15) is 6.54 Å². The molecule has 2 heterocycles. The standard InChI is InChI=1S/C25H29N3O3/c1-17(2)26-25(31)27-14-21-24(22(16-29)28(21)23(30)15-27)20-12-10-19(11-13-20)9-8-18-6-4-3-5-7-18/h3-13,17,21-22,24,29H,14-16H2,1-2H3,(H,26,31)/t21-,22-,24+/m1/s1. The molecule has 0 aromatic heterocycles. The van der Waals surface area contributed by atoms with Crippen LogP contribution in [-0.2, 0) is 4.79 Å². The van der Waals surface area contributed by atoms with E-state index in [1.54, 1.807) is 9.80 Å². The number of carbonyl (C=O) groups excluding carboxylic acids is 2. The number of carbonyl (C=O) groups is 2. The van der Waals surface area contributed by atoms with Crippen LogP contribution in [0.25, 0.3) is 12.2 Å². The molecule has 0 unspecified atom stereocenters. The summed E-state index contributed by atoms with van der Waals surface area (Å²) >= 11 is 0. The highest BCUT2D eigenvalue weighted by Crippen LogP contribution is 2.42. The van der Waals surface area contributed by atoms with Gasteiger partial charge < -0.3 is 20.2 Å². The maximum absolute atomic E-state index is 12.7. The summed E-state index contributed by atoms with van der Waals surface area (Å²) in [6.45, 7) is 4.25. The van der Waals surface area contributed by atoms with Gasteiger partial charge in [-0.3, -0.25) is 4.79 Å². The molecule has 2 aromatic carbocycles. The van der Waals surface area contributed by atoms with Crippen molar-refractivity contribution in [2.24, 2.45) is 0 Å². The van der Waals surface area contributed by atoms with Crippen molar-refractivity contribution in [1.29, 1.82) is 0 Å². The molecule has 31 heavy (non-hydrogen) atoms. The second kappa shape index (κ2) is 8.94. The largest absolute Gasteiger partial charge is 0.394 e. The van der Waals surface area contributed by atoms with E-state index < -0.39 is 0 Å². The fourth-order valence-corrected chi connectivity index (χ4v) is 4.58. The number of hydrogen-bond donors (Lipinski definition) is 2. The van der Waals surface area contributed by atoms with E-state index in [2.05, 4.69) is 53.9 Å². The maximum atomic E-state index is 12.7. The van der Waals surface area contributed by atoms with E-state index in [1.165, 1.54) is 0 Å². The van der Waals surface area contributed by atoms with E-state index in [9.17, 15) is 14.7 Å². The summed E-state index contributed by atoms with van der Waals surface area (Å²) in [5.74, 6) is -0.0939. The van der Waals surface area contributed by atoms with Crippen molar-refractivity contribution in [3.8, 4) is 0 Å². The summed E-state index contributed by atoms with van der Waals surface area (Å²) in [6.07, 6.45) is 4.14. The van der Waals surface area contributed by atoms with Crippen molar-refractivity contribution in [2.75, 3.05) is 19.7 Å². The number of fused-ring (bicyclic) bond motifs is 1. The lowest BCUT2D eigenvalue weighted by Gasteiger charge is -2.58. The minimum atomic E-state index is -0.237. The van der Waals surface area contributed by atoms with E-state index in [0.29, 0.717) is 6.54 Å². The molecule has 0 bridgehead atoms. The first-order chi connectivity index (χ1) is 15.0. The first-order valence-electron chi connectivity index (χ1n) is 10.8. The number of urea groups is 1. The normalized spacial score (nSPS) is 23.1. The summed E-state index contributed by atoms with van der Waals surface area (Å²) in [4.78, 5) is 28.4. The Bertz CT molecular complexity index is 956. The molecule has 3 atom stereocenters. The fourth-order valence-electron chi connectivity index (χ4n) is 4.58. The van der Waals surface area contributed by atoms with E-state index in [1.807, 2.05) is 32.0 Å². The summed E-state index contributed by atoms with van der Waals surface area (Å²) in [6, 6.07) is 17.8. The maximum Gasteiger partial charge on any atom is 0.318 e. The van der Waals surface area contributed by atoms with Crippen LogP contribution in [0.1, 0.15) is 36.5 Å². The minimum absolute atomic E-state index is 0.00996. The lowest BCUT2D eigenvalue weighted by molar-refractivity contribution is -0.159. The van der Waals surface area contributed by atoms with E-state index in [4.69, 9.17) is 0 Å². The third kappa shape index (κ3) is 4.35. The van der Waals surface area contributed by atoms with Crippen LogP contribution in [0.4, 0.5) is 4.79 Å². The second-order valence-corrected chi connectivity index (χ2v) is 8.54. The van der Waals surface area contributed by atoms with Gasteiger partial charge >= 0.3 is 6.03 Å². The molecule has 2 aromatic rings. The zero-order chi connectivity index (χ0) is 22.0. The molecule has 2 saturated heterocycles. The fraction of sp³-hybridized carbons (Fsp3) is 0.360. The molecule has 0 spiro atoms.